The minimum atomic E-state index is -1.42. The molecule has 23 heavy (non-hydrogen) atoms. The molecule has 1 aromatic carbocycles. The lowest BCUT2D eigenvalue weighted by molar-refractivity contribution is -0.156. The van der Waals surface area contributed by atoms with Gasteiger partial charge in [0.05, 0.1) is 18.1 Å². The zero-order chi connectivity index (χ0) is 17.0. The minimum Gasteiger partial charge on any atom is -0.333 e. The van der Waals surface area contributed by atoms with Gasteiger partial charge in [0, 0.05) is 0 Å². The summed E-state index contributed by atoms with van der Waals surface area (Å²) in [6, 6.07) is 13.8. The lowest BCUT2D eigenvalue weighted by Gasteiger charge is -2.57. The maximum atomic E-state index is 13.1. The maximum Gasteiger partial charge on any atom is 0.241 e. The molecule has 0 N–H and O–H groups in total. The molecule has 2 aliphatic rings. The topological polar surface area (TPSA) is 23.6 Å². The number of nitrogens with zero attached hydrogens (tertiary/aromatic N) is 2. The molecule has 1 aromatic rings. The Labute approximate surface area is 142 Å². The van der Waals surface area contributed by atoms with Gasteiger partial charge in [0.25, 0.3) is 0 Å². The molecule has 1 unspecified atom stereocenters. The fourth-order valence-electron chi connectivity index (χ4n) is 4.82. The van der Waals surface area contributed by atoms with Crippen molar-refractivity contribution in [1.82, 2.24) is 9.13 Å². The van der Waals surface area contributed by atoms with Crippen LogP contribution in [0.4, 0.5) is 0 Å². The van der Waals surface area contributed by atoms with Gasteiger partial charge in [-0.15, -0.1) is 0 Å². The first-order chi connectivity index (χ1) is 10.7. The molecule has 1 amide bonds. The summed E-state index contributed by atoms with van der Waals surface area (Å²) in [6.07, 6.45) is 0. The fraction of sp³-hybridized carbons (Fsp3) is 0.611. The first-order valence-electron chi connectivity index (χ1n) is 8.83. The summed E-state index contributed by atoms with van der Waals surface area (Å²) in [4.78, 5) is 15.2. The van der Waals surface area contributed by atoms with Crippen molar-refractivity contribution >= 4 is 22.4 Å². The Kier molecular flexibility index (Phi) is 4.10. The molecule has 2 aliphatic heterocycles. The van der Waals surface area contributed by atoms with Crippen LogP contribution in [0, 0.1) is 0 Å². The Bertz CT molecular complexity index is 586. The lowest BCUT2D eigenvalue weighted by atomic mass is 9.92. The van der Waals surface area contributed by atoms with Gasteiger partial charge in [-0.25, -0.2) is 0 Å². The molecular weight excluding hydrogens is 316 g/mol. The van der Waals surface area contributed by atoms with Gasteiger partial charge >= 0.3 is 0 Å². The van der Waals surface area contributed by atoms with Crippen molar-refractivity contribution in [2.45, 2.75) is 70.2 Å². The summed E-state index contributed by atoms with van der Waals surface area (Å²) in [5, 5.41) is 0. The van der Waals surface area contributed by atoms with Gasteiger partial charge in [-0.1, -0.05) is 56.5 Å². The zero-order valence-electron chi connectivity index (χ0n) is 15.3. The highest BCUT2D eigenvalue weighted by atomic mass is 28.4. The van der Waals surface area contributed by atoms with Gasteiger partial charge in [-0.3, -0.25) is 4.79 Å². The molecule has 0 saturated carbocycles. The minimum absolute atomic E-state index is 0.145. The van der Waals surface area contributed by atoms with Crippen LogP contribution in [0.1, 0.15) is 25.5 Å². The molecule has 2 heterocycles. The van der Waals surface area contributed by atoms with Crippen LogP contribution < -0.4 is 0 Å². The third-order valence-corrected chi connectivity index (χ3v) is 16.3. The predicted octanol–water partition coefficient (Wildman–Crippen LogP) is 4.07. The quantitative estimate of drug-likeness (QED) is 0.608. The molecule has 3 atom stereocenters. The van der Waals surface area contributed by atoms with Crippen molar-refractivity contribution in [3.05, 3.63) is 35.9 Å². The molecule has 3 nitrogen and oxygen atoms in total. The van der Waals surface area contributed by atoms with E-state index < -0.39 is 16.5 Å². The second-order valence-electron chi connectivity index (χ2n) is 8.51. The Morgan fingerprint density at radius 1 is 1.04 bits per heavy atom. The van der Waals surface area contributed by atoms with Crippen molar-refractivity contribution in [2.75, 3.05) is 0 Å². The first-order valence-corrected chi connectivity index (χ1v) is 15.1. The second kappa shape index (κ2) is 5.57. The largest absolute Gasteiger partial charge is 0.333 e. The SMILES string of the molecule is CC(c1ccccc1)N1C(=O)[C@H](N2[Si](C)(C)CC[Si]2(C)C)[C@@H]1C. The van der Waals surface area contributed by atoms with Crippen molar-refractivity contribution < 1.29 is 4.79 Å². The summed E-state index contributed by atoms with van der Waals surface area (Å²) < 4.78 is 2.77. The third-order valence-electron chi connectivity index (χ3n) is 6.03. The lowest BCUT2D eigenvalue weighted by Crippen LogP contribution is -2.76. The smallest absolute Gasteiger partial charge is 0.241 e. The number of amides is 1. The number of hydrogen-bond donors (Lipinski definition) is 0. The van der Waals surface area contributed by atoms with Gasteiger partial charge in [0.2, 0.25) is 5.91 Å². The zero-order valence-corrected chi connectivity index (χ0v) is 17.3. The van der Waals surface area contributed by atoms with E-state index in [4.69, 9.17) is 0 Å². The summed E-state index contributed by atoms with van der Waals surface area (Å²) >= 11 is 0. The van der Waals surface area contributed by atoms with Crippen LogP contribution in [0.25, 0.3) is 0 Å². The molecule has 0 radical (unpaired) electrons. The average molecular weight is 347 g/mol. The number of carbonyl (C=O) groups excluding carboxylic acids is 1. The van der Waals surface area contributed by atoms with Gasteiger partial charge in [0.15, 0.2) is 0 Å². The van der Waals surface area contributed by atoms with E-state index in [0.717, 1.165) is 0 Å². The van der Waals surface area contributed by atoms with E-state index in [1.54, 1.807) is 0 Å². The van der Waals surface area contributed by atoms with Crippen LogP contribution in [0.2, 0.25) is 38.3 Å². The normalized spacial score (nSPS) is 31.0. The third kappa shape index (κ3) is 2.63. The molecular formula is C18H30N2OSi2. The number of rotatable bonds is 3. The van der Waals surface area contributed by atoms with Crippen LogP contribution in [-0.2, 0) is 4.79 Å². The van der Waals surface area contributed by atoms with Crippen LogP contribution in [0.3, 0.4) is 0 Å². The Hall–Kier alpha value is -0.916. The first kappa shape index (κ1) is 16.9. The Morgan fingerprint density at radius 2 is 1.57 bits per heavy atom. The average Bonchev–Trinajstić information content (AvgIpc) is 2.71. The predicted molar refractivity (Wildman–Crippen MR) is 101 cm³/mol. The molecule has 0 aromatic heterocycles. The van der Waals surface area contributed by atoms with E-state index in [9.17, 15) is 4.79 Å². The maximum absolute atomic E-state index is 13.1. The van der Waals surface area contributed by atoms with Gasteiger partial charge < -0.3 is 9.13 Å². The molecule has 5 heteroatoms. The number of carbonyl (C=O) groups is 1. The van der Waals surface area contributed by atoms with E-state index in [-0.39, 0.29) is 12.1 Å². The van der Waals surface area contributed by atoms with Crippen LogP contribution >= 0.6 is 0 Å². The molecule has 2 saturated heterocycles. The highest BCUT2D eigenvalue weighted by Crippen LogP contribution is 2.44. The fourth-order valence-corrected chi connectivity index (χ4v) is 19.6. The van der Waals surface area contributed by atoms with E-state index in [0.29, 0.717) is 11.9 Å². The Morgan fingerprint density at radius 3 is 2.04 bits per heavy atom. The molecule has 3 rings (SSSR count). The van der Waals surface area contributed by atoms with E-state index in [1.807, 2.05) is 6.07 Å². The number of benzene rings is 1. The number of likely N-dealkylation sites (tertiary alicyclic amines) is 1. The molecule has 0 spiro atoms. The van der Waals surface area contributed by atoms with Gasteiger partial charge in [-0.05, 0) is 31.5 Å². The van der Waals surface area contributed by atoms with Crippen LogP contribution in [-0.4, -0.2) is 43.6 Å². The molecule has 0 aliphatic carbocycles. The molecule has 126 valence electrons. The summed E-state index contributed by atoms with van der Waals surface area (Å²) in [5.41, 5.74) is 1.24. The molecule has 0 bridgehead atoms. The van der Waals surface area contributed by atoms with Crippen molar-refractivity contribution in [1.29, 1.82) is 0 Å². The number of hydrogen-bond acceptors (Lipinski definition) is 2. The summed E-state index contributed by atoms with van der Waals surface area (Å²) in [5.74, 6) is 0.358. The second-order valence-corrected chi connectivity index (χ2v) is 18.2. The Balaban J connectivity index is 1.83. The van der Waals surface area contributed by atoms with E-state index >= 15 is 0 Å². The van der Waals surface area contributed by atoms with Crippen molar-refractivity contribution in [3.8, 4) is 0 Å². The van der Waals surface area contributed by atoms with Crippen molar-refractivity contribution in [2.24, 2.45) is 0 Å². The van der Waals surface area contributed by atoms with Crippen LogP contribution in [0.5, 0.6) is 0 Å². The standard InChI is InChI=1S/C18H30N2OSi2/c1-14(16-10-8-7-9-11-16)19-15(2)17(18(19)21)20-22(3,4)12-13-23(20,5)6/h7-11,14-15,17H,12-13H2,1-6H3/t14?,15-,17+/m0/s1. The van der Waals surface area contributed by atoms with Gasteiger partial charge in [0.1, 0.15) is 16.5 Å². The van der Waals surface area contributed by atoms with Gasteiger partial charge in [-0.2, -0.15) is 0 Å². The van der Waals surface area contributed by atoms with Crippen molar-refractivity contribution in [3.63, 3.8) is 0 Å². The highest BCUT2D eigenvalue weighted by Gasteiger charge is 2.59. The molecule has 2 fully saturated rings. The highest BCUT2D eigenvalue weighted by molar-refractivity contribution is 6.95. The van der Waals surface area contributed by atoms with E-state index in [1.165, 1.54) is 17.7 Å². The summed E-state index contributed by atoms with van der Waals surface area (Å²) in [6.45, 7) is 14.2. The monoisotopic (exact) mass is 346 g/mol. The van der Waals surface area contributed by atoms with Crippen LogP contribution in [0.15, 0.2) is 30.3 Å². The van der Waals surface area contributed by atoms with E-state index in [2.05, 4.69) is 73.4 Å². The summed E-state index contributed by atoms with van der Waals surface area (Å²) in [7, 11) is -2.83. The number of β-lactam (4-membered cyclic amide) rings is 1.